The van der Waals surface area contributed by atoms with Crippen LogP contribution in [0.1, 0.15) is 39.1 Å². The second-order valence-corrected chi connectivity index (χ2v) is 7.17. The average Bonchev–Trinajstić information content (AvgIpc) is 3.12. The number of rotatable bonds is 6. The molecule has 8 heteroatoms. The van der Waals surface area contributed by atoms with E-state index in [9.17, 15) is 9.59 Å². The van der Waals surface area contributed by atoms with Crippen LogP contribution in [0.15, 0.2) is 70.2 Å². The third-order valence-electron chi connectivity index (χ3n) is 4.91. The molecule has 0 unspecified atom stereocenters. The molecule has 8 nitrogen and oxygen atoms in total. The lowest BCUT2D eigenvalue weighted by atomic mass is 10.0. The third-order valence-corrected chi connectivity index (χ3v) is 4.91. The van der Waals surface area contributed by atoms with E-state index in [4.69, 9.17) is 4.52 Å². The number of carbonyl (C=O) groups is 1. The minimum Gasteiger partial charge on any atom is -0.361 e. The lowest BCUT2D eigenvalue weighted by Crippen LogP contribution is -2.31. The number of aryl methyl sites for hydroxylation is 2. The van der Waals surface area contributed by atoms with Crippen molar-refractivity contribution in [2.75, 3.05) is 0 Å². The van der Waals surface area contributed by atoms with Crippen molar-refractivity contribution in [3.8, 4) is 11.4 Å². The van der Waals surface area contributed by atoms with Crippen molar-refractivity contribution in [1.29, 1.82) is 0 Å². The second kappa shape index (κ2) is 8.74. The number of amides is 1. The second-order valence-electron chi connectivity index (χ2n) is 7.17. The maximum Gasteiger partial charge on any atom is 0.257 e. The number of nitrogens with zero attached hydrogens (tertiary/aromatic N) is 3. The molecule has 31 heavy (non-hydrogen) atoms. The van der Waals surface area contributed by atoms with Gasteiger partial charge in [-0.2, -0.15) is 0 Å². The Morgan fingerprint density at radius 3 is 2.65 bits per heavy atom. The number of pyridine rings is 1. The van der Waals surface area contributed by atoms with Gasteiger partial charge in [-0.15, -0.1) is 0 Å². The molecule has 0 aliphatic rings. The summed E-state index contributed by atoms with van der Waals surface area (Å²) in [5.41, 5.74) is 2.82. The Labute approximate surface area is 178 Å². The fourth-order valence-electron chi connectivity index (χ4n) is 3.44. The third kappa shape index (κ3) is 4.58. The van der Waals surface area contributed by atoms with Gasteiger partial charge in [0.1, 0.15) is 17.1 Å². The predicted octanol–water partition coefficient (Wildman–Crippen LogP) is 3.15. The van der Waals surface area contributed by atoms with Gasteiger partial charge in [0.15, 0.2) is 0 Å². The quantitative estimate of drug-likeness (QED) is 0.500. The van der Waals surface area contributed by atoms with Gasteiger partial charge < -0.3 is 14.8 Å². The summed E-state index contributed by atoms with van der Waals surface area (Å²) in [6.07, 6.45) is 3.62. The van der Waals surface area contributed by atoms with Crippen molar-refractivity contribution < 1.29 is 9.32 Å². The van der Waals surface area contributed by atoms with Crippen molar-refractivity contribution in [2.45, 2.75) is 26.3 Å². The zero-order chi connectivity index (χ0) is 21.8. The maximum atomic E-state index is 13.0. The molecular weight excluding hydrogens is 394 g/mol. The highest BCUT2D eigenvalue weighted by Crippen LogP contribution is 2.21. The Bertz CT molecular complexity index is 1230. The summed E-state index contributed by atoms with van der Waals surface area (Å²) in [7, 11) is 0. The molecular formula is C23H21N5O3. The molecule has 0 spiro atoms. The number of carbonyl (C=O) groups excluding carboxylic acids is 1. The number of hydrogen-bond acceptors (Lipinski definition) is 6. The number of aromatic amines is 1. The zero-order valence-electron chi connectivity index (χ0n) is 17.1. The van der Waals surface area contributed by atoms with Gasteiger partial charge in [-0.1, -0.05) is 35.5 Å². The van der Waals surface area contributed by atoms with Gasteiger partial charge in [0.25, 0.3) is 11.5 Å². The molecule has 4 rings (SSSR count). The van der Waals surface area contributed by atoms with Crippen LogP contribution in [-0.2, 0) is 6.42 Å². The van der Waals surface area contributed by atoms with E-state index in [1.807, 2.05) is 36.4 Å². The lowest BCUT2D eigenvalue weighted by molar-refractivity contribution is 0.0934. The SMILES string of the molecule is Cc1noc(C)c1C(=O)N[C@H](Cc1cc(=O)[nH]c(-c2cccnc2)n1)c1ccccc1. The smallest absolute Gasteiger partial charge is 0.257 e. The van der Waals surface area contributed by atoms with Gasteiger partial charge in [0, 0.05) is 30.4 Å². The minimum atomic E-state index is -0.404. The van der Waals surface area contributed by atoms with Crippen molar-refractivity contribution in [2.24, 2.45) is 0 Å². The molecule has 1 atom stereocenters. The van der Waals surface area contributed by atoms with Crippen LogP contribution in [0.3, 0.4) is 0 Å². The van der Waals surface area contributed by atoms with Gasteiger partial charge >= 0.3 is 0 Å². The van der Waals surface area contributed by atoms with Crippen LogP contribution in [0.4, 0.5) is 0 Å². The molecule has 1 amide bonds. The number of nitrogens with one attached hydrogen (secondary N) is 2. The summed E-state index contributed by atoms with van der Waals surface area (Å²) in [5, 5.41) is 6.90. The molecule has 4 aromatic rings. The Hall–Kier alpha value is -4.07. The van der Waals surface area contributed by atoms with Crippen LogP contribution in [0.5, 0.6) is 0 Å². The average molecular weight is 415 g/mol. The standard InChI is InChI=1S/C23H21N5O3/c1-14-21(15(2)31-28-14)23(30)26-19(16-7-4-3-5-8-16)11-18-12-20(29)27-22(25-18)17-9-6-10-24-13-17/h3-10,12-13,19H,11H2,1-2H3,(H,26,30)(H,25,27,29)/t19-/m1/s1. The molecule has 0 radical (unpaired) electrons. The van der Waals surface area contributed by atoms with Gasteiger partial charge in [0.05, 0.1) is 17.4 Å². The molecule has 0 aliphatic heterocycles. The topological polar surface area (TPSA) is 114 Å². The normalized spacial score (nSPS) is 11.8. The van der Waals surface area contributed by atoms with Crippen LogP contribution >= 0.6 is 0 Å². The highest BCUT2D eigenvalue weighted by molar-refractivity contribution is 5.96. The Morgan fingerprint density at radius 1 is 1.16 bits per heavy atom. The van der Waals surface area contributed by atoms with E-state index in [0.717, 1.165) is 5.56 Å². The van der Waals surface area contributed by atoms with Gasteiger partial charge in [0.2, 0.25) is 0 Å². The Morgan fingerprint density at radius 2 is 1.97 bits per heavy atom. The zero-order valence-corrected chi connectivity index (χ0v) is 17.1. The van der Waals surface area contributed by atoms with E-state index in [2.05, 4.69) is 25.4 Å². The van der Waals surface area contributed by atoms with Crippen molar-refractivity contribution in [3.63, 3.8) is 0 Å². The summed E-state index contributed by atoms with van der Waals surface area (Å²) in [5.74, 6) is 0.594. The van der Waals surface area contributed by atoms with E-state index < -0.39 is 6.04 Å². The van der Waals surface area contributed by atoms with E-state index in [1.165, 1.54) is 6.07 Å². The van der Waals surface area contributed by atoms with Gasteiger partial charge in [-0.25, -0.2) is 4.98 Å². The first-order valence-electron chi connectivity index (χ1n) is 9.80. The summed E-state index contributed by atoms with van der Waals surface area (Å²) < 4.78 is 5.13. The van der Waals surface area contributed by atoms with Crippen LogP contribution in [0.25, 0.3) is 11.4 Å². The fourth-order valence-corrected chi connectivity index (χ4v) is 3.44. The number of H-pyrrole nitrogens is 1. The monoisotopic (exact) mass is 415 g/mol. The molecule has 0 saturated heterocycles. The summed E-state index contributed by atoms with van der Waals surface area (Å²) in [6, 6.07) is 14.2. The van der Waals surface area contributed by atoms with Gasteiger partial charge in [-0.05, 0) is 31.5 Å². The summed E-state index contributed by atoms with van der Waals surface area (Å²) >= 11 is 0. The first kappa shape index (κ1) is 20.2. The molecule has 0 aliphatic carbocycles. The van der Waals surface area contributed by atoms with Crippen molar-refractivity contribution in [3.05, 3.63) is 99.6 Å². The van der Waals surface area contributed by atoms with Crippen LogP contribution in [0.2, 0.25) is 0 Å². The largest absolute Gasteiger partial charge is 0.361 e. The summed E-state index contributed by atoms with van der Waals surface area (Å²) in [4.78, 5) is 36.7. The van der Waals surface area contributed by atoms with Crippen molar-refractivity contribution >= 4 is 5.91 Å². The summed E-state index contributed by atoms with van der Waals surface area (Å²) in [6.45, 7) is 3.42. The van der Waals surface area contributed by atoms with E-state index in [-0.39, 0.29) is 11.5 Å². The Balaban J connectivity index is 1.67. The molecule has 3 aromatic heterocycles. The first-order valence-corrected chi connectivity index (χ1v) is 9.80. The maximum absolute atomic E-state index is 13.0. The first-order chi connectivity index (χ1) is 15.0. The lowest BCUT2D eigenvalue weighted by Gasteiger charge is -2.19. The molecule has 0 fully saturated rings. The number of aromatic nitrogens is 4. The predicted molar refractivity (Wildman–Crippen MR) is 114 cm³/mol. The van der Waals surface area contributed by atoms with E-state index >= 15 is 0 Å². The highest BCUT2D eigenvalue weighted by Gasteiger charge is 2.22. The minimum absolute atomic E-state index is 0.271. The fraction of sp³-hybridized carbons (Fsp3) is 0.174. The van der Waals surface area contributed by atoms with Crippen LogP contribution < -0.4 is 10.9 Å². The Kier molecular flexibility index (Phi) is 5.70. The van der Waals surface area contributed by atoms with Crippen molar-refractivity contribution in [1.82, 2.24) is 25.4 Å². The van der Waals surface area contributed by atoms with Gasteiger partial charge in [-0.3, -0.25) is 14.6 Å². The molecule has 0 saturated carbocycles. The molecule has 2 N–H and O–H groups in total. The molecule has 156 valence electrons. The highest BCUT2D eigenvalue weighted by atomic mass is 16.5. The molecule has 0 bridgehead atoms. The van der Waals surface area contributed by atoms with Crippen LogP contribution in [-0.4, -0.2) is 26.0 Å². The van der Waals surface area contributed by atoms with E-state index in [1.54, 1.807) is 32.3 Å². The number of hydrogen-bond donors (Lipinski definition) is 2. The molecule has 3 heterocycles. The molecule has 1 aromatic carbocycles. The van der Waals surface area contributed by atoms with E-state index in [0.29, 0.717) is 40.5 Å². The van der Waals surface area contributed by atoms with Crippen LogP contribution in [0, 0.1) is 13.8 Å². The number of benzene rings is 1.